The SMILES string of the molecule is CCOc1ccc(C(=O)Nc2ccc(C)cc2C(=O)[O-])cc1. The predicted octanol–water partition coefficient (Wildman–Crippen LogP) is 2.01. The van der Waals surface area contributed by atoms with E-state index in [0.29, 0.717) is 17.9 Å². The molecule has 0 saturated carbocycles. The van der Waals surface area contributed by atoms with E-state index in [-0.39, 0.29) is 11.3 Å². The molecule has 0 aliphatic heterocycles. The number of hydrogen-bond donors (Lipinski definition) is 1. The van der Waals surface area contributed by atoms with Crippen LogP contribution in [0.4, 0.5) is 5.69 Å². The number of ether oxygens (including phenoxy) is 1. The van der Waals surface area contributed by atoms with Gasteiger partial charge in [0.15, 0.2) is 0 Å². The summed E-state index contributed by atoms with van der Waals surface area (Å²) in [6, 6.07) is 11.3. The van der Waals surface area contributed by atoms with Gasteiger partial charge in [-0.15, -0.1) is 0 Å². The molecular weight excluding hydrogens is 282 g/mol. The van der Waals surface area contributed by atoms with Crippen LogP contribution in [-0.2, 0) is 0 Å². The molecule has 114 valence electrons. The molecule has 5 nitrogen and oxygen atoms in total. The van der Waals surface area contributed by atoms with E-state index >= 15 is 0 Å². The second kappa shape index (κ2) is 6.76. The molecule has 0 unspecified atom stereocenters. The number of nitrogens with one attached hydrogen (secondary N) is 1. The molecule has 0 aromatic heterocycles. The van der Waals surface area contributed by atoms with Crippen LogP contribution in [0.2, 0.25) is 0 Å². The highest BCUT2D eigenvalue weighted by Gasteiger charge is 2.10. The zero-order chi connectivity index (χ0) is 16.1. The first-order chi connectivity index (χ1) is 10.5. The van der Waals surface area contributed by atoms with Crippen LogP contribution in [0.5, 0.6) is 5.75 Å². The highest BCUT2D eigenvalue weighted by atomic mass is 16.5. The first-order valence-electron chi connectivity index (χ1n) is 6.87. The van der Waals surface area contributed by atoms with Crippen LogP contribution in [-0.4, -0.2) is 18.5 Å². The highest BCUT2D eigenvalue weighted by Crippen LogP contribution is 2.19. The van der Waals surface area contributed by atoms with Crippen molar-refractivity contribution in [1.82, 2.24) is 0 Å². The van der Waals surface area contributed by atoms with Gasteiger partial charge in [-0.2, -0.15) is 0 Å². The third-order valence-corrected chi connectivity index (χ3v) is 3.07. The number of aryl methyl sites for hydroxylation is 1. The summed E-state index contributed by atoms with van der Waals surface area (Å²) in [6.07, 6.45) is 0. The van der Waals surface area contributed by atoms with Gasteiger partial charge in [0, 0.05) is 11.1 Å². The lowest BCUT2D eigenvalue weighted by Crippen LogP contribution is -2.25. The molecule has 2 aromatic carbocycles. The lowest BCUT2D eigenvalue weighted by atomic mass is 10.1. The van der Waals surface area contributed by atoms with Gasteiger partial charge in [-0.1, -0.05) is 11.6 Å². The van der Waals surface area contributed by atoms with Crippen molar-refractivity contribution in [3.8, 4) is 5.75 Å². The van der Waals surface area contributed by atoms with Crippen molar-refractivity contribution in [1.29, 1.82) is 0 Å². The molecule has 0 spiro atoms. The van der Waals surface area contributed by atoms with Gasteiger partial charge in [-0.25, -0.2) is 0 Å². The topological polar surface area (TPSA) is 78.5 Å². The summed E-state index contributed by atoms with van der Waals surface area (Å²) in [6.45, 7) is 4.19. The summed E-state index contributed by atoms with van der Waals surface area (Å²) >= 11 is 0. The van der Waals surface area contributed by atoms with Crippen molar-refractivity contribution in [2.45, 2.75) is 13.8 Å². The summed E-state index contributed by atoms with van der Waals surface area (Å²) in [5.74, 6) is -1.05. The summed E-state index contributed by atoms with van der Waals surface area (Å²) < 4.78 is 5.30. The number of rotatable bonds is 5. The van der Waals surface area contributed by atoms with E-state index in [4.69, 9.17) is 4.74 Å². The number of carbonyl (C=O) groups excluding carboxylic acids is 2. The third-order valence-electron chi connectivity index (χ3n) is 3.07. The molecule has 0 aliphatic rings. The molecule has 0 fully saturated rings. The average Bonchev–Trinajstić information content (AvgIpc) is 2.50. The molecule has 1 N–H and O–H groups in total. The van der Waals surface area contributed by atoms with E-state index < -0.39 is 11.9 Å². The first kappa shape index (κ1) is 15.6. The normalized spacial score (nSPS) is 10.1. The molecule has 2 rings (SSSR count). The second-order valence-corrected chi connectivity index (χ2v) is 4.75. The minimum absolute atomic E-state index is 0.0423. The zero-order valence-corrected chi connectivity index (χ0v) is 12.4. The molecule has 0 radical (unpaired) electrons. The van der Waals surface area contributed by atoms with Gasteiger partial charge in [-0.05, 0) is 50.2 Å². The van der Waals surface area contributed by atoms with E-state index in [2.05, 4.69) is 5.32 Å². The van der Waals surface area contributed by atoms with Crippen molar-refractivity contribution >= 4 is 17.6 Å². The van der Waals surface area contributed by atoms with Crippen molar-refractivity contribution in [3.63, 3.8) is 0 Å². The predicted molar refractivity (Wildman–Crippen MR) is 81.1 cm³/mol. The number of amides is 1. The number of benzene rings is 2. The van der Waals surface area contributed by atoms with Gasteiger partial charge >= 0.3 is 0 Å². The number of aromatic carboxylic acids is 1. The monoisotopic (exact) mass is 298 g/mol. The Hall–Kier alpha value is -2.82. The van der Waals surface area contributed by atoms with Crippen molar-refractivity contribution < 1.29 is 19.4 Å². The number of anilines is 1. The van der Waals surface area contributed by atoms with Crippen LogP contribution in [0.3, 0.4) is 0 Å². The maximum absolute atomic E-state index is 12.2. The van der Waals surface area contributed by atoms with E-state index in [1.165, 1.54) is 6.07 Å². The Labute approximate surface area is 128 Å². The van der Waals surface area contributed by atoms with E-state index in [1.807, 2.05) is 6.92 Å². The van der Waals surface area contributed by atoms with Gasteiger partial charge in [0.25, 0.3) is 5.91 Å². The fraction of sp³-hybridized carbons (Fsp3) is 0.176. The van der Waals surface area contributed by atoms with Crippen LogP contribution in [0, 0.1) is 6.92 Å². The molecule has 0 heterocycles. The molecule has 22 heavy (non-hydrogen) atoms. The fourth-order valence-corrected chi connectivity index (χ4v) is 2.00. The Balaban J connectivity index is 2.20. The maximum Gasteiger partial charge on any atom is 0.255 e. The summed E-state index contributed by atoms with van der Waals surface area (Å²) in [5, 5.41) is 13.7. The Morgan fingerprint density at radius 3 is 2.41 bits per heavy atom. The number of carboxylic acid groups (broad SMARTS) is 1. The molecule has 0 saturated heterocycles. The van der Waals surface area contributed by atoms with Crippen LogP contribution < -0.4 is 15.2 Å². The molecule has 0 aliphatic carbocycles. The molecule has 5 heteroatoms. The van der Waals surface area contributed by atoms with Crippen LogP contribution >= 0.6 is 0 Å². The van der Waals surface area contributed by atoms with E-state index in [9.17, 15) is 14.7 Å². The Morgan fingerprint density at radius 2 is 1.82 bits per heavy atom. The standard InChI is InChI=1S/C17H17NO4/c1-3-22-13-7-5-12(6-8-13)16(19)18-15-9-4-11(2)10-14(15)17(20)21/h4-10H,3H2,1-2H3,(H,18,19)(H,20,21)/p-1. The van der Waals surface area contributed by atoms with Crippen LogP contribution in [0.25, 0.3) is 0 Å². The minimum atomic E-state index is -1.33. The lowest BCUT2D eigenvalue weighted by Gasteiger charge is -2.13. The molecular formula is C17H16NO4-. The molecule has 0 atom stereocenters. The largest absolute Gasteiger partial charge is 0.545 e. The van der Waals surface area contributed by atoms with Crippen molar-refractivity contribution in [2.75, 3.05) is 11.9 Å². The quantitative estimate of drug-likeness (QED) is 0.916. The molecule has 1 amide bonds. The Kier molecular flexibility index (Phi) is 4.78. The van der Waals surface area contributed by atoms with Gasteiger partial charge in [0.2, 0.25) is 0 Å². The van der Waals surface area contributed by atoms with E-state index in [0.717, 1.165) is 5.56 Å². The number of hydrogen-bond acceptors (Lipinski definition) is 4. The highest BCUT2D eigenvalue weighted by molar-refractivity contribution is 6.07. The number of carboxylic acids is 1. The van der Waals surface area contributed by atoms with Gasteiger partial charge in [0.05, 0.1) is 18.3 Å². The van der Waals surface area contributed by atoms with Crippen LogP contribution in [0.15, 0.2) is 42.5 Å². The van der Waals surface area contributed by atoms with Gasteiger partial charge < -0.3 is 20.0 Å². The summed E-state index contributed by atoms with van der Waals surface area (Å²) in [7, 11) is 0. The smallest absolute Gasteiger partial charge is 0.255 e. The lowest BCUT2D eigenvalue weighted by molar-refractivity contribution is -0.254. The van der Waals surface area contributed by atoms with E-state index in [1.54, 1.807) is 43.3 Å². The maximum atomic E-state index is 12.2. The minimum Gasteiger partial charge on any atom is -0.545 e. The Bertz CT molecular complexity index is 692. The summed E-state index contributed by atoms with van der Waals surface area (Å²) in [5.41, 5.74) is 1.36. The fourth-order valence-electron chi connectivity index (χ4n) is 2.00. The number of carbonyl (C=O) groups is 2. The van der Waals surface area contributed by atoms with Crippen molar-refractivity contribution in [3.05, 3.63) is 59.2 Å². The van der Waals surface area contributed by atoms with Crippen LogP contribution in [0.1, 0.15) is 33.2 Å². The van der Waals surface area contributed by atoms with Gasteiger partial charge in [-0.3, -0.25) is 4.79 Å². The summed E-state index contributed by atoms with van der Waals surface area (Å²) in [4.78, 5) is 23.3. The zero-order valence-electron chi connectivity index (χ0n) is 12.4. The third kappa shape index (κ3) is 3.63. The second-order valence-electron chi connectivity index (χ2n) is 4.75. The molecule has 2 aromatic rings. The average molecular weight is 298 g/mol. The van der Waals surface area contributed by atoms with Gasteiger partial charge in [0.1, 0.15) is 5.75 Å². The first-order valence-corrected chi connectivity index (χ1v) is 6.87. The Morgan fingerprint density at radius 1 is 1.14 bits per heavy atom. The van der Waals surface area contributed by atoms with Crippen molar-refractivity contribution in [2.24, 2.45) is 0 Å². The molecule has 0 bridgehead atoms.